The van der Waals surface area contributed by atoms with Crippen LogP contribution in [0.25, 0.3) is 0 Å². The SMILES string of the molecule is CC(C)(C)c1ccc(C(N)COCC2CCCCC2)cc1. The number of nitrogens with two attached hydrogens (primary N) is 1. The lowest BCUT2D eigenvalue weighted by Gasteiger charge is -2.23. The van der Waals surface area contributed by atoms with Gasteiger partial charge < -0.3 is 10.5 Å². The first kappa shape index (κ1) is 16.5. The average Bonchev–Trinajstić information content (AvgIpc) is 2.47. The lowest BCUT2D eigenvalue weighted by Crippen LogP contribution is -2.21. The van der Waals surface area contributed by atoms with Crippen LogP contribution >= 0.6 is 0 Å². The maximum absolute atomic E-state index is 6.24. The fourth-order valence-electron chi connectivity index (χ4n) is 3.04. The van der Waals surface area contributed by atoms with Gasteiger partial charge in [-0.25, -0.2) is 0 Å². The van der Waals surface area contributed by atoms with Crippen LogP contribution in [0.15, 0.2) is 24.3 Å². The van der Waals surface area contributed by atoms with Crippen LogP contribution in [0, 0.1) is 5.92 Å². The predicted molar refractivity (Wildman–Crippen MR) is 89.5 cm³/mol. The zero-order valence-corrected chi connectivity index (χ0v) is 13.9. The van der Waals surface area contributed by atoms with Crippen molar-refractivity contribution in [1.82, 2.24) is 0 Å². The molecule has 2 rings (SSSR count). The van der Waals surface area contributed by atoms with Crippen LogP contribution in [0.1, 0.15) is 70.0 Å². The van der Waals surface area contributed by atoms with Crippen LogP contribution < -0.4 is 5.73 Å². The Morgan fingerprint density at radius 3 is 2.29 bits per heavy atom. The van der Waals surface area contributed by atoms with Crippen molar-refractivity contribution in [2.24, 2.45) is 11.7 Å². The van der Waals surface area contributed by atoms with Crippen LogP contribution in [0.4, 0.5) is 0 Å². The van der Waals surface area contributed by atoms with Crippen molar-refractivity contribution in [2.45, 2.75) is 64.3 Å². The third kappa shape index (κ3) is 5.12. The molecule has 2 N–H and O–H groups in total. The van der Waals surface area contributed by atoms with E-state index in [1.54, 1.807) is 0 Å². The minimum Gasteiger partial charge on any atom is -0.379 e. The molecule has 1 aliphatic carbocycles. The maximum Gasteiger partial charge on any atom is 0.0659 e. The molecule has 1 unspecified atom stereocenters. The van der Waals surface area contributed by atoms with Crippen LogP contribution in [0.2, 0.25) is 0 Å². The zero-order chi connectivity index (χ0) is 15.3. The molecule has 0 amide bonds. The van der Waals surface area contributed by atoms with E-state index in [2.05, 4.69) is 45.0 Å². The quantitative estimate of drug-likeness (QED) is 0.861. The van der Waals surface area contributed by atoms with E-state index in [9.17, 15) is 0 Å². The van der Waals surface area contributed by atoms with Crippen LogP contribution in [0.5, 0.6) is 0 Å². The summed E-state index contributed by atoms with van der Waals surface area (Å²) in [6.07, 6.45) is 6.80. The lowest BCUT2D eigenvalue weighted by molar-refractivity contribution is 0.0759. The first-order valence-corrected chi connectivity index (χ1v) is 8.40. The largest absolute Gasteiger partial charge is 0.379 e. The predicted octanol–water partition coefficient (Wildman–Crippen LogP) is 4.58. The van der Waals surface area contributed by atoms with E-state index in [0.29, 0.717) is 6.61 Å². The van der Waals surface area contributed by atoms with Crippen LogP contribution in [-0.4, -0.2) is 13.2 Å². The molecule has 0 heterocycles. The fraction of sp³-hybridized carbons (Fsp3) is 0.684. The summed E-state index contributed by atoms with van der Waals surface area (Å²) in [5.41, 5.74) is 8.96. The first-order valence-electron chi connectivity index (χ1n) is 8.40. The van der Waals surface area contributed by atoms with E-state index in [1.807, 2.05) is 0 Å². The molecule has 0 bridgehead atoms. The minimum absolute atomic E-state index is 0.0115. The molecule has 2 nitrogen and oxygen atoms in total. The lowest BCUT2D eigenvalue weighted by atomic mass is 9.86. The molecule has 0 radical (unpaired) electrons. The van der Waals surface area contributed by atoms with Gasteiger partial charge in [0, 0.05) is 6.61 Å². The standard InChI is InChI=1S/C19H31NO/c1-19(2,3)17-11-9-16(10-12-17)18(20)14-21-13-15-7-5-4-6-8-15/h9-12,15,18H,4-8,13-14,20H2,1-3H3. The van der Waals surface area contributed by atoms with Gasteiger partial charge in [-0.15, -0.1) is 0 Å². The Labute approximate surface area is 130 Å². The van der Waals surface area contributed by atoms with E-state index in [-0.39, 0.29) is 11.5 Å². The summed E-state index contributed by atoms with van der Waals surface area (Å²) in [4.78, 5) is 0. The molecular formula is C19H31NO. The Bertz CT molecular complexity index is 412. The minimum atomic E-state index is -0.0115. The summed E-state index contributed by atoms with van der Waals surface area (Å²) in [5.74, 6) is 0.759. The summed E-state index contributed by atoms with van der Waals surface area (Å²) in [6, 6.07) is 8.67. The summed E-state index contributed by atoms with van der Waals surface area (Å²) in [5, 5.41) is 0. The van der Waals surface area contributed by atoms with Gasteiger partial charge in [-0.1, -0.05) is 64.3 Å². The Kier molecular flexibility index (Phi) is 5.83. The van der Waals surface area contributed by atoms with Crippen LogP contribution in [0.3, 0.4) is 0 Å². The van der Waals surface area contributed by atoms with Crippen molar-refractivity contribution in [3.8, 4) is 0 Å². The third-order valence-electron chi connectivity index (χ3n) is 4.58. The van der Waals surface area contributed by atoms with E-state index in [4.69, 9.17) is 10.5 Å². The van der Waals surface area contributed by atoms with Gasteiger partial charge in [0.15, 0.2) is 0 Å². The van der Waals surface area contributed by atoms with Gasteiger partial charge in [0.25, 0.3) is 0 Å². The highest BCUT2D eigenvalue weighted by atomic mass is 16.5. The van der Waals surface area contributed by atoms with E-state index >= 15 is 0 Å². The fourth-order valence-corrected chi connectivity index (χ4v) is 3.04. The second-order valence-electron chi connectivity index (χ2n) is 7.52. The molecule has 21 heavy (non-hydrogen) atoms. The monoisotopic (exact) mass is 289 g/mol. The van der Waals surface area contributed by atoms with E-state index in [0.717, 1.165) is 12.5 Å². The third-order valence-corrected chi connectivity index (χ3v) is 4.58. The van der Waals surface area contributed by atoms with Gasteiger partial charge in [-0.05, 0) is 35.3 Å². The molecule has 1 aromatic carbocycles. The Hall–Kier alpha value is -0.860. The molecule has 0 aromatic heterocycles. The molecule has 0 saturated heterocycles. The van der Waals surface area contributed by atoms with Crippen molar-refractivity contribution < 1.29 is 4.74 Å². The topological polar surface area (TPSA) is 35.2 Å². The van der Waals surface area contributed by atoms with Gasteiger partial charge in [0.2, 0.25) is 0 Å². The van der Waals surface area contributed by atoms with Crippen molar-refractivity contribution >= 4 is 0 Å². The molecule has 1 aromatic rings. The van der Waals surface area contributed by atoms with E-state index in [1.165, 1.54) is 43.2 Å². The second-order valence-corrected chi connectivity index (χ2v) is 7.52. The van der Waals surface area contributed by atoms with Crippen molar-refractivity contribution in [3.05, 3.63) is 35.4 Å². The number of hydrogen-bond donors (Lipinski definition) is 1. The van der Waals surface area contributed by atoms with Gasteiger partial charge in [-0.3, -0.25) is 0 Å². The summed E-state index contributed by atoms with van der Waals surface area (Å²) < 4.78 is 5.86. The van der Waals surface area contributed by atoms with E-state index < -0.39 is 0 Å². The molecule has 2 heteroatoms. The number of rotatable bonds is 5. The highest BCUT2D eigenvalue weighted by Crippen LogP contribution is 2.25. The Morgan fingerprint density at radius 2 is 1.71 bits per heavy atom. The normalized spacial score (nSPS) is 18.7. The second kappa shape index (κ2) is 7.42. The van der Waals surface area contributed by atoms with Gasteiger partial charge >= 0.3 is 0 Å². The number of hydrogen-bond acceptors (Lipinski definition) is 2. The highest BCUT2D eigenvalue weighted by Gasteiger charge is 2.16. The smallest absolute Gasteiger partial charge is 0.0659 e. The van der Waals surface area contributed by atoms with Crippen LogP contribution in [-0.2, 0) is 10.2 Å². The zero-order valence-electron chi connectivity index (χ0n) is 13.9. The highest BCUT2D eigenvalue weighted by molar-refractivity contribution is 5.29. The molecule has 1 saturated carbocycles. The molecule has 118 valence electrons. The van der Waals surface area contributed by atoms with Gasteiger partial charge in [0.05, 0.1) is 12.6 Å². The average molecular weight is 289 g/mol. The Morgan fingerprint density at radius 1 is 1.10 bits per heavy atom. The molecule has 0 spiro atoms. The molecule has 1 aliphatic rings. The first-order chi connectivity index (χ1) is 9.97. The maximum atomic E-state index is 6.24. The molecular weight excluding hydrogens is 258 g/mol. The summed E-state index contributed by atoms with van der Waals surface area (Å²) in [6.45, 7) is 8.21. The number of ether oxygens (including phenoxy) is 1. The Balaban J connectivity index is 1.78. The summed E-state index contributed by atoms with van der Waals surface area (Å²) in [7, 11) is 0. The van der Waals surface area contributed by atoms with Crippen molar-refractivity contribution in [3.63, 3.8) is 0 Å². The van der Waals surface area contributed by atoms with Gasteiger partial charge in [-0.2, -0.15) is 0 Å². The molecule has 1 fully saturated rings. The molecule has 1 atom stereocenters. The number of benzene rings is 1. The molecule has 0 aliphatic heterocycles. The van der Waals surface area contributed by atoms with Crippen molar-refractivity contribution in [2.75, 3.05) is 13.2 Å². The van der Waals surface area contributed by atoms with Gasteiger partial charge in [0.1, 0.15) is 0 Å². The van der Waals surface area contributed by atoms with Crippen molar-refractivity contribution in [1.29, 1.82) is 0 Å². The summed E-state index contributed by atoms with van der Waals surface area (Å²) >= 11 is 0.